The smallest absolute Gasteiger partial charge is 0.308 e. The van der Waals surface area contributed by atoms with Crippen LogP contribution in [-0.4, -0.2) is 29.9 Å². The summed E-state index contributed by atoms with van der Waals surface area (Å²) >= 11 is 0. The minimum Gasteiger partial charge on any atom is -0.501 e. The Morgan fingerprint density at radius 2 is 2.18 bits per heavy atom. The molecule has 22 heavy (non-hydrogen) atoms. The molecule has 1 heterocycles. The maximum atomic E-state index is 12.2. The van der Waals surface area contributed by atoms with Crippen LogP contribution in [0.2, 0.25) is 0 Å². The van der Waals surface area contributed by atoms with Crippen molar-refractivity contribution in [2.45, 2.75) is 44.8 Å². The van der Waals surface area contributed by atoms with Gasteiger partial charge in [0.15, 0.2) is 5.60 Å². The Balaban J connectivity index is 1.90. The number of aliphatic hydroxyl groups is 1. The van der Waals surface area contributed by atoms with Crippen LogP contribution in [0.5, 0.6) is 0 Å². The van der Waals surface area contributed by atoms with Crippen molar-refractivity contribution in [3.63, 3.8) is 0 Å². The lowest BCUT2D eigenvalue weighted by molar-refractivity contribution is -0.196. The highest BCUT2D eigenvalue weighted by molar-refractivity contribution is 5.76. The molecule has 3 fully saturated rings. The van der Waals surface area contributed by atoms with Gasteiger partial charge in [0.25, 0.3) is 0 Å². The monoisotopic (exact) mass is 304 g/mol. The normalized spacial score (nSPS) is 50.5. The highest BCUT2D eigenvalue weighted by atomic mass is 16.6. The van der Waals surface area contributed by atoms with Crippen LogP contribution < -0.4 is 0 Å². The Morgan fingerprint density at radius 1 is 1.45 bits per heavy atom. The molecule has 0 unspecified atom stereocenters. The van der Waals surface area contributed by atoms with Gasteiger partial charge in [0, 0.05) is 5.92 Å². The molecule has 4 heteroatoms. The van der Waals surface area contributed by atoms with Crippen LogP contribution in [0.3, 0.4) is 0 Å². The minimum atomic E-state index is -0.902. The topological polar surface area (TPSA) is 55.8 Å². The summed E-state index contributed by atoms with van der Waals surface area (Å²) < 4.78 is 11.4. The largest absolute Gasteiger partial charge is 0.501 e. The number of allylic oxidation sites excluding steroid dienone is 1. The van der Waals surface area contributed by atoms with E-state index in [4.69, 9.17) is 9.47 Å². The summed E-state index contributed by atoms with van der Waals surface area (Å²) in [6.07, 6.45) is 5.20. The van der Waals surface area contributed by atoms with Crippen molar-refractivity contribution < 1.29 is 19.4 Å². The maximum absolute atomic E-state index is 12.2. The number of fused-ring (bicyclic) bond motifs is 2. The van der Waals surface area contributed by atoms with E-state index in [2.05, 4.69) is 26.5 Å². The molecule has 0 bridgehead atoms. The van der Waals surface area contributed by atoms with Gasteiger partial charge in [-0.05, 0) is 30.1 Å². The maximum Gasteiger partial charge on any atom is 0.308 e. The zero-order valence-corrected chi connectivity index (χ0v) is 13.5. The highest BCUT2D eigenvalue weighted by Gasteiger charge is 2.78. The predicted molar refractivity (Wildman–Crippen MR) is 80.7 cm³/mol. The molecule has 0 aromatic rings. The van der Waals surface area contributed by atoms with Gasteiger partial charge >= 0.3 is 5.97 Å². The molecule has 4 nitrogen and oxygen atoms in total. The Kier molecular flexibility index (Phi) is 2.58. The van der Waals surface area contributed by atoms with Crippen LogP contribution in [0.15, 0.2) is 24.5 Å². The Morgan fingerprint density at radius 3 is 2.86 bits per heavy atom. The third kappa shape index (κ3) is 1.32. The van der Waals surface area contributed by atoms with E-state index in [0.29, 0.717) is 24.0 Å². The second kappa shape index (κ2) is 3.97. The number of methoxy groups -OCH3 is 1. The molecule has 4 aliphatic rings. The van der Waals surface area contributed by atoms with E-state index in [1.807, 2.05) is 6.08 Å². The van der Waals surface area contributed by atoms with E-state index in [1.54, 1.807) is 7.11 Å². The molecular weight excluding hydrogens is 280 g/mol. The number of carbonyl (C=O) groups is 1. The Bertz CT molecular complexity index is 592. The van der Waals surface area contributed by atoms with E-state index in [-0.39, 0.29) is 23.7 Å². The first-order valence-electron chi connectivity index (χ1n) is 8.12. The molecule has 0 aromatic carbocycles. The van der Waals surface area contributed by atoms with Gasteiger partial charge in [-0.2, -0.15) is 0 Å². The molecule has 0 aromatic heterocycles. The van der Waals surface area contributed by atoms with Crippen molar-refractivity contribution in [1.29, 1.82) is 0 Å². The van der Waals surface area contributed by atoms with Gasteiger partial charge in [-0.1, -0.05) is 32.6 Å². The lowest BCUT2D eigenvalue weighted by atomic mass is 9.54. The molecule has 1 saturated heterocycles. The fraction of sp³-hybridized carbons (Fsp3) is 0.722. The molecule has 120 valence electrons. The third-order valence-electron chi connectivity index (χ3n) is 7.04. The van der Waals surface area contributed by atoms with Crippen LogP contribution in [0, 0.1) is 28.6 Å². The molecule has 3 aliphatic carbocycles. The fourth-order valence-electron chi connectivity index (χ4n) is 5.94. The van der Waals surface area contributed by atoms with Crippen LogP contribution in [0.25, 0.3) is 0 Å². The number of ether oxygens (including phenoxy) is 2. The van der Waals surface area contributed by atoms with E-state index in [0.717, 1.165) is 6.42 Å². The fourth-order valence-corrected chi connectivity index (χ4v) is 5.94. The average molecular weight is 304 g/mol. The zero-order chi connectivity index (χ0) is 15.9. The number of hydrogen-bond donors (Lipinski definition) is 1. The SMILES string of the molecule is C=C(OC)[C@]12C=CC[C@H]3[C@H]4[C@@H](C[C@@H](O)[C@@]31OC(=O)C2)C4(C)C. The predicted octanol–water partition coefficient (Wildman–Crippen LogP) is 2.43. The summed E-state index contributed by atoms with van der Waals surface area (Å²) in [5.74, 6) is 1.40. The van der Waals surface area contributed by atoms with Crippen LogP contribution in [0.4, 0.5) is 0 Å². The van der Waals surface area contributed by atoms with Gasteiger partial charge in [-0.25, -0.2) is 0 Å². The van der Waals surface area contributed by atoms with E-state index in [9.17, 15) is 9.90 Å². The molecular formula is C18H24O4. The molecule has 1 N–H and O–H groups in total. The van der Waals surface area contributed by atoms with Crippen molar-refractivity contribution in [1.82, 2.24) is 0 Å². The summed E-state index contributed by atoms with van der Waals surface area (Å²) in [6, 6.07) is 0. The highest BCUT2D eigenvalue weighted by Crippen LogP contribution is 2.75. The van der Waals surface area contributed by atoms with Gasteiger partial charge in [-0.3, -0.25) is 4.79 Å². The van der Waals surface area contributed by atoms with Crippen molar-refractivity contribution in [2.75, 3.05) is 7.11 Å². The summed E-state index contributed by atoms with van der Waals surface area (Å²) in [6.45, 7) is 8.56. The molecule has 6 atom stereocenters. The third-order valence-corrected chi connectivity index (χ3v) is 7.04. The quantitative estimate of drug-likeness (QED) is 0.483. The van der Waals surface area contributed by atoms with E-state index in [1.165, 1.54) is 0 Å². The molecule has 4 rings (SSSR count). The van der Waals surface area contributed by atoms with Gasteiger partial charge in [0.05, 0.1) is 25.0 Å². The van der Waals surface area contributed by atoms with Crippen molar-refractivity contribution in [2.24, 2.45) is 28.6 Å². The number of carbonyl (C=O) groups excluding carboxylic acids is 1. The summed E-state index contributed by atoms with van der Waals surface area (Å²) in [5.41, 5.74) is -1.43. The lowest BCUT2D eigenvalue weighted by Gasteiger charge is -2.53. The van der Waals surface area contributed by atoms with Gasteiger partial charge in [0.1, 0.15) is 5.76 Å². The first-order chi connectivity index (χ1) is 10.3. The Labute approximate surface area is 131 Å². The van der Waals surface area contributed by atoms with Gasteiger partial charge in [-0.15, -0.1) is 0 Å². The van der Waals surface area contributed by atoms with Gasteiger partial charge < -0.3 is 14.6 Å². The average Bonchev–Trinajstić information content (AvgIpc) is 2.86. The second-order valence-corrected chi connectivity index (χ2v) is 7.99. The first-order valence-corrected chi connectivity index (χ1v) is 8.12. The summed E-state index contributed by atoms with van der Waals surface area (Å²) in [4.78, 5) is 12.2. The van der Waals surface area contributed by atoms with E-state index < -0.39 is 17.1 Å². The molecule has 0 amide bonds. The van der Waals surface area contributed by atoms with Crippen molar-refractivity contribution >= 4 is 5.97 Å². The van der Waals surface area contributed by atoms with Crippen LogP contribution >= 0.6 is 0 Å². The minimum absolute atomic E-state index is 0.139. The van der Waals surface area contributed by atoms with Crippen molar-refractivity contribution in [3.8, 4) is 0 Å². The number of aliphatic hydroxyl groups excluding tert-OH is 1. The van der Waals surface area contributed by atoms with E-state index >= 15 is 0 Å². The lowest BCUT2D eigenvalue weighted by Crippen LogP contribution is -2.62. The molecule has 1 spiro atoms. The standard InChI is InChI=1S/C18H24O4/c1-10(21-4)17-7-5-6-11-15-12(16(15,2)3)8-13(19)18(11,17)22-14(20)9-17/h5,7,11-13,15,19H,1,6,8-9H2,2-4H3/t11-,12+,13+,15-,17+,18-/m0/s1. The number of hydrogen-bond acceptors (Lipinski definition) is 4. The number of rotatable bonds is 2. The second-order valence-electron chi connectivity index (χ2n) is 7.99. The molecule has 1 aliphatic heterocycles. The molecule has 0 radical (unpaired) electrons. The Hall–Kier alpha value is -1.29. The summed E-state index contributed by atoms with van der Waals surface area (Å²) in [7, 11) is 1.57. The molecule has 2 saturated carbocycles. The van der Waals surface area contributed by atoms with Gasteiger partial charge in [0.2, 0.25) is 0 Å². The number of esters is 1. The zero-order valence-electron chi connectivity index (χ0n) is 13.5. The first kappa shape index (κ1) is 14.3. The summed E-state index contributed by atoms with van der Waals surface area (Å²) in [5, 5.41) is 11.0. The van der Waals surface area contributed by atoms with Crippen molar-refractivity contribution in [3.05, 3.63) is 24.5 Å². The van der Waals surface area contributed by atoms with Crippen LogP contribution in [0.1, 0.15) is 33.1 Å². The van der Waals surface area contributed by atoms with Crippen LogP contribution in [-0.2, 0) is 14.3 Å².